The summed E-state index contributed by atoms with van der Waals surface area (Å²) in [5, 5.41) is 0. The minimum Gasteiger partial charge on any atom is -0.493 e. The normalized spacial score (nSPS) is 15.6. The summed E-state index contributed by atoms with van der Waals surface area (Å²) in [6.07, 6.45) is 1.80. The van der Waals surface area contributed by atoms with Gasteiger partial charge in [0.2, 0.25) is 6.79 Å². The maximum Gasteiger partial charge on any atom is 0.231 e. The van der Waals surface area contributed by atoms with Crippen LogP contribution in [-0.4, -0.2) is 32.5 Å². The first-order valence-electron chi connectivity index (χ1n) is 12.3. The first kappa shape index (κ1) is 21.9. The van der Waals surface area contributed by atoms with Crippen molar-refractivity contribution in [1.82, 2.24) is 4.90 Å². The summed E-state index contributed by atoms with van der Waals surface area (Å²) in [7, 11) is 3.43. The van der Waals surface area contributed by atoms with E-state index in [2.05, 4.69) is 61.2 Å². The fourth-order valence-corrected chi connectivity index (χ4v) is 5.61. The molecule has 3 aromatic carbocycles. The maximum atomic E-state index is 5.87. The van der Waals surface area contributed by atoms with E-state index in [-0.39, 0.29) is 6.79 Å². The third-order valence-corrected chi connectivity index (χ3v) is 7.46. The molecule has 0 saturated heterocycles. The summed E-state index contributed by atoms with van der Waals surface area (Å²) in [5.74, 6) is 3.80. The summed E-state index contributed by atoms with van der Waals surface area (Å²) in [6.45, 7) is 6.48. The Hall–Kier alpha value is -3.60. The molecule has 0 saturated carbocycles. The van der Waals surface area contributed by atoms with E-state index in [0.29, 0.717) is 5.92 Å². The molecule has 0 atom stereocenters. The number of hydrogen-bond acceptors (Lipinski definition) is 5. The lowest BCUT2D eigenvalue weighted by Crippen LogP contribution is -2.33. The molecule has 3 heterocycles. The average Bonchev–Trinajstić information content (AvgIpc) is 3.34. The SMILES string of the molecule is COc1ccc2c(c1OC)CN1CCc3cc4c(cc3C1=C2Cc1ccc(C(C)C)cc1)OCO4. The molecule has 6 rings (SSSR count). The smallest absolute Gasteiger partial charge is 0.231 e. The number of methoxy groups -OCH3 is 2. The lowest BCUT2D eigenvalue weighted by atomic mass is 9.82. The molecule has 180 valence electrons. The van der Waals surface area contributed by atoms with Gasteiger partial charge < -0.3 is 23.8 Å². The van der Waals surface area contributed by atoms with Gasteiger partial charge in [-0.1, -0.05) is 44.2 Å². The molecule has 0 unspecified atom stereocenters. The Balaban J connectivity index is 1.55. The molecular formula is C30H31NO4. The van der Waals surface area contributed by atoms with Crippen LogP contribution < -0.4 is 18.9 Å². The predicted octanol–water partition coefficient (Wildman–Crippen LogP) is 6.04. The fraction of sp³-hybridized carbons (Fsp3) is 0.333. The third kappa shape index (κ3) is 3.61. The minimum absolute atomic E-state index is 0.288. The second kappa shape index (κ2) is 8.56. The number of hydrogen-bond donors (Lipinski definition) is 0. The number of nitrogens with zero attached hydrogens (tertiary/aromatic N) is 1. The predicted molar refractivity (Wildman–Crippen MR) is 137 cm³/mol. The third-order valence-electron chi connectivity index (χ3n) is 7.46. The molecule has 0 bridgehead atoms. The van der Waals surface area contributed by atoms with Gasteiger partial charge in [-0.15, -0.1) is 0 Å². The Morgan fingerprint density at radius 1 is 0.914 bits per heavy atom. The van der Waals surface area contributed by atoms with Gasteiger partial charge in [-0.3, -0.25) is 0 Å². The van der Waals surface area contributed by atoms with Crippen molar-refractivity contribution in [2.24, 2.45) is 0 Å². The largest absolute Gasteiger partial charge is 0.493 e. The molecule has 0 aliphatic carbocycles. The van der Waals surface area contributed by atoms with Gasteiger partial charge in [0, 0.05) is 36.3 Å². The quantitative estimate of drug-likeness (QED) is 0.456. The number of allylic oxidation sites excluding steroid dienone is 1. The average molecular weight is 470 g/mol. The Morgan fingerprint density at radius 2 is 1.69 bits per heavy atom. The van der Waals surface area contributed by atoms with Crippen molar-refractivity contribution in [2.45, 2.75) is 39.2 Å². The Morgan fingerprint density at radius 3 is 2.40 bits per heavy atom. The monoisotopic (exact) mass is 469 g/mol. The molecule has 0 radical (unpaired) electrons. The number of ether oxygens (including phenoxy) is 4. The van der Waals surface area contributed by atoms with Crippen LogP contribution in [-0.2, 0) is 19.4 Å². The Bertz CT molecular complexity index is 1320. The van der Waals surface area contributed by atoms with Gasteiger partial charge in [-0.25, -0.2) is 0 Å². The zero-order valence-corrected chi connectivity index (χ0v) is 20.8. The van der Waals surface area contributed by atoms with Crippen molar-refractivity contribution >= 4 is 11.3 Å². The van der Waals surface area contributed by atoms with Crippen LogP contribution >= 0.6 is 0 Å². The van der Waals surface area contributed by atoms with Crippen molar-refractivity contribution in [3.63, 3.8) is 0 Å². The molecule has 3 aromatic rings. The molecule has 3 aliphatic heterocycles. The van der Waals surface area contributed by atoms with E-state index in [1.54, 1.807) is 14.2 Å². The first-order chi connectivity index (χ1) is 17.1. The van der Waals surface area contributed by atoms with Crippen LogP contribution in [0.25, 0.3) is 11.3 Å². The summed E-state index contributed by atoms with van der Waals surface area (Å²) in [5.41, 5.74) is 10.2. The zero-order chi connectivity index (χ0) is 24.1. The van der Waals surface area contributed by atoms with Crippen LogP contribution in [0.3, 0.4) is 0 Å². The number of fused-ring (bicyclic) bond motifs is 5. The highest BCUT2D eigenvalue weighted by Crippen LogP contribution is 2.49. The van der Waals surface area contributed by atoms with Crippen LogP contribution in [0, 0.1) is 0 Å². The molecule has 0 amide bonds. The molecule has 0 aromatic heterocycles. The lowest BCUT2D eigenvalue weighted by Gasteiger charge is -2.40. The van der Waals surface area contributed by atoms with Gasteiger partial charge >= 0.3 is 0 Å². The molecule has 0 N–H and O–H groups in total. The van der Waals surface area contributed by atoms with Gasteiger partial charge in [-0.2, -0.15) is 0 Å². The molecular weight excluding hydrogens is 438 g/mol. The van der Waals surface area contributed by atoms with Gasteiger partial charge in [0.1, 0.15) is 0 Å². The summed E-state index contributed by atoms with van der Waals surface area (Å²) >= 11 is 0. The Labute approximate surface area is 206 Å². The van der Waals surface area contributed by atoms with Crippen LogP contribution in [0.1, 0.15) is 53.1 Å². The van der Waals surface area contributed by atoms with Gasteiger partial charge in [0.25, 0.3) is 0 Å². The summed E-state index contributed by atoms with van der Waals surface area (Å²) < 4.78 is 23.0. The molecule has 5 nitrogen and oxygen atoms in total. The molecule has 0 spiro atoms. The van der Waals surface area contributed by atoms with Crippen molar-refractivity contribution in [3.8, 4) is 23.0 Å². The molecule has 3 aliphatic rings. The highest BCUT2D eigenvalue weighted by atomic mass is 16.7. The van der Waals surface area contributed by atoms with E-state index in [1.165, 1.54) is 44.7 Å². The minimum atomic E-state index is 0.288. The molecule has 5 heteroatoms. The van der Waals surface area contributed by atoms with Gasteiger partial charge in [0.15, 0.2) is 23.0 Å². The van der Waals surface area contributed by atoms with E-state index in [9.17, 15) is 0 Å². The van der Waals surface area contributed by atoms with E-state index in [1.807, 2.05) is 6.07 Å². The molecule has 35 heavy (non-hydrogen) atoms. The number of benzene rings is 3. The standard InChI is InChI=1S/C30H31NO4/c1-18(2)20-7-5-19(6-8-20)13-24-22-9-10-26(32-3)30(33-4)25(22)16-31-12-11-21-14-27-28(35-17-34-27)15-23(21)29(24)31/h5-10,14-15,18H,11-13,16-17H2,1-4H3. The molecule has 0 fully saturated rings. The van der Waals surface area contributed by atoms with Gasteiger partial charge in [0.05, 0.1) is 14.2 Å². The van der Waals surface area contributed by atoms with E-state index >= 15 is 0 Å². The van der Waals surface area contributed by atoms with Gasteiger partial charge in [-0.05, 0) is 58.4 Å². The fourth-order valence-electron chi connectivity index (χ4n) is 5.61. The second-order valence-corrected chi connectivity index (χ2v) is 9.76. The maximum absolute atomic E-state index is 5.87. The van der Waals surface area contributed by atoms with Crippen LogP contribution in [0.5, 0.6) is 23.0 Å². The van der Waals surface area contributed by atoms with Crippen LogP contribution in [0.2, 0.25) is 0 Å². The van der Waals surface area contributed by atoms with Crippen molar-refractivity contribution in [1.29, 1.82) is 0 Å². The van der Waals surface area contributed by atoms with E-state index in [0.717, 1.165) is 48.9 Å². The van der Waals surface area contributed by atoms with E-state index in [4.69, 9.17) is 18.9 Å². The summed E-state index contributed by atoms with van der Waals surface area (Å²) in [6, 6.07) is 17.6. The van der Waals surface area contributed by atoms with E-state index < -0.39 is 0 Å². The van der Waals surface area contributed by atoms with Crippen molar-refractivity contribution in [2.75, 3.05) is 27.6 Å². The highest BCUT2D eigenvalue weighted by molar-refractivity contribution is 5.96. The highest BCUT2D eigenvalue weighted by Gasteiger charge is 2.34. The Kier molecular flexibility index (Phi) is 5.36. The summed E-state index contributed by atoms with van der Waals surface area (Å²) in [4.78, 5) is 2.49. The van der Waals surface area contributed by atoms with Crippen molar-refractivity contribution < 1.29 is 18.9 Å². The van der Waals surface area contributed by atoms with Crippen LogP contribution in [0.15, 0.2) is 48.5 Å². The van der Waals surface area contributed by atoms with Crippen LogP contribution in [0.4, 0.5) is 0 Å². The zero-order valence-electron chi connectivity index (χ0n) is 20.8. The van der Waals surface area contributed by atoms with Crippen molar-refractivity contribution in [3.05, 3.63) is 81.9 Å². The topological polar surface area (TPSA) is 40.2 Å². The second-order valence-electron chi connectivity index (χ2n) is 9.76. The lowest BCUT2D eigenvalue weighted by molar-refractivity contribution is 0.174. The number of rotatable bonds is 5. The first-order valence-corrected chi connectivity index (χ1v) is 12.3.